The SMILES string of the molecule is COC(=O)c1ccc(C(=O)CC(=O)c2cc(OC)ccc2O)cc1. The van der Waals surface area contributed by atoms with E-state index in [-0.39, 0.29) is 11.3 Å². The van der Waals surface area contributed by atoms with Crippen molar-refractivity contribution in [3.63, 3.8) is 0 Å². The molecule has 0 radical (unpaired) electrons. The van der Waals surface area contributed by atoms with Gasteiger partial charge in [-0.15, -0.1) is 0 Å². The van der Waals surface area contributed by atoms with Crippen LogP contribution >= 0.6 is 0 Å². The van der Waals surface area contributed by atoms with Crippen molar-refractivity contribution in [2.45, 2.75) is 6.42 Å². The molecular weight excluding hydrogens is 312 g/mol. The molecule has 2 aromatic carbocycles. The van der Waals surface area contributed by atoms with Crippen molar-refractivity contribution < 1.29 is 29.0 Å². The van der Waals surface area contributed by atoms with Crippen molar-refractivity contribution in [3.8, 4) is 11.5 Å². The second-order valence-corrected chi connectivity index (χ2v) is 4.98. The molecule has 2 rings (SSSR count). The number of hydrogen-bond acceptors (Lipinski definition) is 6. The molecule has 0 saturated heterocycles. The third kappa shape index (κ3) is 3.78. The molecule has 0 aliphatic rings. The molecule has 0 fully saturated rings. The van der Waals surface area contributed by atoms with Crippen molar-refractivity contribution in [2.24, 2.45) is 0 Å². The monoisotopic (exact) mass is 328 g/mol. The third-order valence-electron chi connectivity index (χ3n) is 3.45. The predicted octanol–water partition coefficient (Wildman–Crippen LogP) is 2.64. The third-order valence-corrected chi connectivity index (χ3v) is 3.45. The van der Waals surface area contributed by atoms with Gasteiger partial charge in [-0.2, -0.15) is 0 Å². The number of rotatable bonds is 6. The Hall–Kier alpha value is -3.15. The van der Waals surface area contributed by atoms with Gasteiger partial charge in [0.25, 0.3) is 0 Å². The second kappa shape index (κ2) is 7.41. The minimum Gasteiger partial charge on any atom is -0.507 e. The van der Waals surface area contributed by atoms with Gasteiger partial charge in [-0.1, -0.05) is 12.1 Å². The van der Waals surface area contributed by atoms with Gasteiger partial charge in [0.2, 0.25) is 0 Å². The summed E-state index contributed by atoms with van der Waals surface area (Å²) in [6.07, 6.45) is -0.404. The van der Waals surface area contributed by atoms with Crippen LogP contribution in [0.15, 0.2) is 42.5 Å². The highest BCUT2D eigenvalue weighted by molar-refractivity contribution is 6.14. The summed E-state index contributed by atoms with van der Waals surface area (Å²) in [6, 6.07) is 10.0. The molecule has 0 aromatic heterocycles. The Morgan fingerprint density at radius 1 is 0.917 bits per heavy atom. The van der Waals surface area contributed by atoms with E-state index in [0.29, 0.717) is 16.9 Å². The van der Waals surface area contributed by atoms with Crippen molar-refractivity contribution in [1.82, 2.24) is 0 Å². The number of benzene rings is 2. The van der Waals surface area contributed by atoms with Gasteiger partial charge in [-0.3, -0.25) is 9.59 Å². The van der Waals surface area contributed by atoms with Gasteiger partial charge in [0.05, 0.1) is 31.8 Å². The van der Waals surface area contributed by atoms with Crippen LogP contribution in [0.25, 0.3) is 0 Å². The molecule has 1 N–H and O–H groups in total. The van der Waals surface area contributed by atoms with E-state index in [9.17, 15) is 19.5 Å². The molecule has 0 heterocycles. The summed E-state index contributed by atoms with van der Waals surface area (Å²) in [5.41, 5.74) is 0.623. The maximum absolute atomic E-state index is 12.2. The van der Waals surface area contributed by atoms with Gasteiger partial charge >= 0.3 is 5.97 Å². The highest BCUT2D eigenvalue weighted by Crippen LogP contribution is 2.24. The Morgan fingerprint density at radius 2 is 1.54 bits per heavy atom. The molecule has 24 heavy (non-hydrogen) atoms. The van der Waals surface area contributed by atoms with Crippen LogP contribution in [0, 0.1) is 0 Å². The normalized spacial score (nSPS) is 10.1. The molecule has 0 spiro atoms. The van der Waals surface area contributed by atoms with Crippen LogP contribution in [0.2, 0.25) is 0 Å². The molecule has 2 aromatic rings. The van der Waals surface area contributed by atoms with Gasteiger partial charge in [-0.25, -0.2) is 4.79 Å². The number of ether oxygens (including phenoxy) is 2. The van der Waals surface area contributed by atoms with Crippen LogP contribution in [0.5, 0.6) is 11.5 Å². The number of aromatic hydroxyl groups is 1. The summed E-state index contributed by atoms with van der Waals surface area (Å²) in [5, 5.41) is 9.77. The van der Waals surface area contributed by atoms with E-state index in [0.717, 1.165) is 0 Å². The van der Waals surface area contributed by atoms with Gasteiger partial charge in [0, 0.05) is 5.56 Å². The standard InChI is InChI=1S/C18H16O6/c1-23-13-7-8-15(19)14(9-13)17(21)10-16(20)11-3-5-12(6-4-11)18(22)24-2/h3-9,19H,10H2,1-2H3. The molecule has 0 unspecified atom stereocenters. The van der Waals surface area contributed by atoms with Gasteiger partial charge in [0.1, 0.15) is 11.5 Å². The lowest BCUT2D eigenvalue weighted by atomic mass is 10.00. The smallest absolute Gasteiger partial charge is 0.337 e. The zero-order valence-electron chi connectivity index (χ0n) is 13.2. The fraction of sp³-hybridized carbons (Fsp3) is 0.167. The van der Waals surface area contributed by atoms with E-state index in [1.807, 2.05) is 0 Å². The minimum absolute atomic E-state index is 0.0221. The summed E-state index contributed by atoms with van der Waals surface area (Å²) in [7, 11) is 2.70. The van der Waals surface area contributed by atoms with E-state index in [2.05, 4.69) is 4.74 Å². The Morgan fingerprint density at radius 3 is 2.12 bits per heavy atom. The first-order valence-electron chi connectivity index (χ1n) is 7.08. The number of phenolic OH excluding ortho intramolecular Hbond substituents is 1. The number of esters is 1. The van der Waals surface area contributed by atoms with Crippen molar-refractivity contribution in [3.05, 3.63) is 59.2 Å². The fourth-order valence-corrected chi connectivity index (χ4v) is 2.12. The molecular formula is C18H16O6. The highest BCUT2D eigenvalue weighted by Gasteiger charge is 2.18. The Bertz CT molecular complexity index is 777. The van der Waals surface area contributed by atoms with E-state index < -0.39 is 24.0 Å². The molecule has 0 bridgehead atoms. The first-order valence-corrected chi connectivity index (χ1v) is 7.08. The molecule has 0 aliphatic carbocycles. The molecule has 0 atom stereocenters. The van der Waals surface area contributed by atoms with Crippen LogP contribution in [-0.4, -0.2) is 36.9 Å². The van der Waals surface area contributed by atoms with Crippen molar-refractivity contribution in [2.75, 3.05) is 14.2 Å². The van der Waals surface area contributed by atoms with Crippen molar-refractivity contribution >= 4 is 17.5 Å². The van der Waals surface area contributed by atoms with Gasteiger partial charge < -0.3 is 14.6 Å². The predicted molar refractivity (Wildman–Crippen MR) is 85.7 cm³/mol. The van der Waals surface area contributed by atoms with E-state index in [4.69, 9.17) is 4.74 Å². The Balaban J connectivity index is 2.14. The molecule has 0 amide bonds. The average molecular weight is 328 g/mol. The van der Waals surface area contributed by atoms with Crippen LogP contribution in [-0.2, 0) is 4.74 Å². The topological polar surface area (TPSA) is 89.9 Å². The summed E-state index contributed by atoms with van der Waals surface area (Å²) in [5.74, 6) is -1.25. The van der Waals surface area contributed by atoms with Crippen LogP contribution in [0.1, 0.15) is 37.5 Å². The number of carbonyl (C=O) groups is 3. The summed E-state index contributed by atoms with van der Waals surface area (Å²) in [6.45, 7) is 0. The number of carbonyl (C=O) groups excluding carboxylic acids is 3. The molecule has 6 nitrogen and oxygen atoms in total. The summed E-state index contributed by atoms with van der Waals surface area (Å²) in [4.78, 5) is 35.8. The van der Waals surface area contributed by atoms with Crippen LogP contribution < -0.4 is 4.74 Å². The van der Waals surface area contributed by atoms with E-state index >= 15 is 0 Å². The Labute approximate surface area is 138 Å². The summed E-state index contributed by atoms with van der Waals surface area (Å²) >= 11 is 0. The molecule has 0 saturated carbocycles. The first kappa shape index (κ1) is 17.2. The quantitative estimate of drug-likeness (QED) is 0.498. The average Bonchev–Trinajstić information content (AvgIpc) is 2.61. The highest BCUT2D eigenvalue weighted by atomic mass is 16.5. The largest absolute Gasteiger partial charge is 0.507 e. The second-order valence-electron chi connectivity index (χ2n) is 4.98. The van der Waals surface area contributed by atoms with Crippen LogP contribution in [0.4, 0.5) is 0 Å². The van der Waals surface area contributed by atoms with E-state index in [1.165, 1.54) is 56.7 Å². The van der Waals surface area contributed by atoms with Crippen LogP contribution in [0.3, 0.4) is 0 Å². The number of phenols is 1. The zero-order chi connectivity index (χ0) is 17.7. The molecule has 0 aliphatic heterocycles. The Kier molecular flexibility index (Phi) is 5.31. The maximum Gasteiger partial charge on any atom is 0.337 e. The number of methoxy groups -OCH3 is 2. The number of hydrogen-bond donors (Lipinski definition) is 1. The van der Waals surface area contributed by atoms with Gasteiger partial charge in [0.15, 0.2) is 11.6 Å². The summed E-state index contributed by atoms with van der Waals surface area (Å²) < 4.78 is 9.58. The lowest BCUT2D eigenvalue weighted by Gasteiger charge is -2.07. The number of ketones is 2. The molecule has 124 valence electrons. The fourth-order valence-electron chi connectivity index (χ4n) is 2.12. The first-order chi connectivity index (χ1) is 11.5. The zero-order valence-corrected chi connectivity index (χ0v) is 13.2. The van der Waals surface area contributed by atoms with Gasteiger partial charge in [-0.05, 0) is 30.3 Å². The van der Waals surface area contributed by atoms with Crippen molar-refractivity contribution in [1.29, 1.82) is 0 Å². The molecule has 6 heteroatoms. The number of Topliss-reactive ketones (excluding diaryl/α,β-unsaturated/α-hetero) is 2. The lowest BCUT2D eigenvalue weighted by molar-refractivity contribution is 0.0600. The lowest BCUT2D eigenvalue weighted by Crippen LogP contribution is -2.09. The minimum atomic E-state index is -0.520. The van der Waals surface area contributed by atoms with E-state index in [1.54, 1.807) is 0 Å². The maximum atomic E-state index is 12.2.